The molecule has 5 nitrogen and oxygen atoms in total. The Balaban J connectivity index is 1.56. The summed E-state index contributed by atoms with van der Waals surface area (Å²) in [7, 11) is 0. The predicted octanol–water partition coefficient (Wildman–Crippen LogP) is 2.32. The van der Waals surface area contributed by atoms with E-state index in [9.17, 15) is 5.11 Å². The van der Waals surface area contributed by atoms with E-state index in [2.05, 4.69) is 23.3 Å². The molecule has 128 valence electrons. The van der Waals surface area contributed by atoms with E-state index in [0.717, 1.165) is 23.6 Å². The maximum Gasteiger partial charge on any atom is 0.130 e. The lowest BCUT2D eigenvalue weighted by atomic mass is 9.86. The maximum atomic E-state index is 9.50. The summed E-state index contributed by atoms with van der Waals surface area (Å²) in [5.74, 6) is 0.829. The Kier molecular flexibility index (Phi) is 5.45. The maximum absolute atomic E-state index is 9.50. The van der Waals surface area contributed by atoms with Crippen molar-refractivity contribution in [2.45, 2.75) is 19.6 Å². The highest BCUT2D eigenvalue weighted by Crippen LogP contribution is 2.27. The number of pyridine rings is 1. The number of aliphatic hydroxyl groups excluding tert-OH is 1. The summed E-state index contributed by atoms with van der Waals surface area (Å²) in [6.45, 7) is 4.70. The van der Waals surface area contributed by atoms with Gasteiger partial charge in [-0.25, -0.2) is 0 Å². The molecule has 1 atom stereocenters. The first-order valence-electron chi connectivity index (χ1n) is 8.25. The van der Waals surface area contributed by atoms with E-state index in [-0.39, 0.29) is 18.1 Å². The average molecular weight is 328 g/mol. The van der Waals surface area contributed by atoms with Crippen molar-refractivity contribution in [1.82, 2.24) is 10.3 Å². The van der Waals surface area contributed by atoms with Crippen molar-refractivity contribution in [3.8, 4) is 5.75 Å². The lowest BCUT2D eigenvalue weighted by Gasteiger charge is -2.40. The van der Waals surface area contributed by atoms with E-state index in [0.29, 0.717) is 19.8 Å². The fraction of sp³-hybridized carbons (Fsp3) is 0.421. The zero-order valence-electron chi connectivity index (χ0n) is 13.9. The molecule has 0 bridgehead atoms. The normalized spacial score (nSPS) is 17.1. The van der Waals surface area contributed by atoms with Gasteiger partial charge < -0.3 is 19.9 Å². The number of hydrogen-bond acceptors (Lipinski definition) is 5. The lowest BCUT2D eigenvalue weighted by molar-refractivity contribution is -0.135. The SMILES string of the molecule is CC(NCC1(CO)COC1)c1cccc(OCc2ccccn2)c1. The number of rotatable bonds is 8. The minimum absolute atomic E-state index is 0.124. The van der Waals surface area contributed by atoms with Crippen LogP contribution in [-0.4, -0.2) is 36.5 Å². The summed E-state index contributed by atoms with van der Waals surface area (Å²) in [4.78, 5) is 4.26. The van der Waals surface area contributed by atoms with Crippen LogP contribution in [-0.2, 0) is 11.3 Å². The van der Waals surface area contributed by atoms with Gasteiger partial charge in [-0.1, -0.05) is 18.2 Å². The molecule has 1 fully saturated rings. The Bertz CT molecular complexity index is 639. The van der Waals surface area contributed by atoms with Gasteiger partial charge in [0.05, 0.1) is 30.9 Å². The highest BCUT2D eigenvalue weighted by Gasteiger charge is 2.37. The van der Waals surface area contributed by atoms with Gasteiger partial charge in [-0.05, 0) is 36.8 Å². The number of nitrogens with one attached hydrogen (secondary N) is 1. The van der Waals surface area contributed by atoms with E-state index in [1.807, 2.05) is 36.4 Å². The second kappa shape index (κ2) is 7.75. The van der Waals surface area contributed by atoms with Crippen molar-refractivity contribution in [2.24, 2.45) is 5.41 Å². The zero-order valence-corrected chi connectivity index (χ0v) is 13.9. The Morgan fingerprint density at radius 3 is 2.83 bits per heavy atom. The van der Waals surface area contributed by atoms with Crippen molar-refractivity contribution in [1.29, 1.82) is 0 Å². The van der Waals surface area contributed by atoms with Gasteiger partial charge >= 0.3 is 0 Å². The smallest absolute Gasteiger partial charge is 0.130 e. The second-order valence-electron chi connectivity index (χ2n) is 6.44. The van der Waals surface area contributed by atoms with Crippen LogP contribution in [0.3, 0.4) is 0 Å². The van der Waals surface area contributed by atoms with Gasteiger partial charge in [0.1, 0.15) is 12.4 Å². The van der Waals surface area contributed by atoms with Gasteiger partial charge in [-0.2, -0.15) is 0 Å². The molecule has 0 saturated carbocycles. The van der Waals surface area contributed by atoms with Crippen LogP contribution >= 0.6 is 0 Å². The Hall–Kier alpha value is -1.95. The lowest BCUT2D eigenvalue weighted by Crippen LogP contribution is -2.52. The quantitative estimate of drug-likeness (QED) is 0.779. The van der Waals surface area contributed by atoms with Crippen molar-refractivity contribution in [2.75, 3.05) is 26.4 Å². The van der Waals surface area contributed by atoms with Gasteiger partial charge in [0, 0.05) is 18.8 Å². The van der Waals surface area contributed by atoms with Crippen LogP contribution in [0, 0.1) is 5.41 Å². The molecular weight excluding hydrogens is 304 g/mol. The summed E-state index contributed by atoms with van der Waals surface area (Å²) in [5, 5.41) is 13.0. The molecule has 0 radical (unpaired) electrons. The molecule has 1 aromatic heterocycles. The fourth-order valence-corrected chi connectivity index (χ4v) is 2.64. The minimum atomic E-state index is -0.124. The third-order valence-corrected chi connectivity index (χ3v) is 4.41. The first-order chi connectivity index (χ1) is 11.7. The third-order valence-electron chi connectivity index (χ3n) is 4.41. The third kappa shape index (κ3) is 4.12. The summed E-state index contributed by atoms with van der Waals surface area (Å²) in [5.41, 5.74) is 1.94. The van der Waals surface area contributed by atoms with Gasteiger partial charge in [0.25, 0.3) is 0 Å². The summed E-state index contributed by atoms with van der Waals surface area (Å²) in [6.07, 6.45) is 1.77. The largest absolute Gasteiger partial charge is 0.487 e. The van der Waals surface area contributed by atoms with E-state index < -0.39 is 0 Å². The molecule has 1 aromatic carbocycles. The van der Waals surface area contributed by atoms with Crippen LogP contribution in [0.4, 0.5) is 0 Å². The van der Waals surface area contributed by atoms with Crippen molar-refractivity contribution >= 4 is 0 Å². The topological polar surface area (TPSA) is 63.6 Å². The molecule has 24 heavy (non-hydrogen) atoms. The number of nitrogens with zero attached hydrogens (tertiary/aromatic N) is 1. The highest BCUT2D eigenvalue weighted by molar-refractivity contribution is 5.30. The Morgan fingerprint density at radius 2 is 2.17 bits per heavy atom. The summed E-state index contributed by atoms with van der Waals surface area (Å²) < 4.78 is 11.1. The van der Waals surface area contributed by atoms with Crippen LogP contribution in [0.5, 0.6) is 5.75 Å². The van der Waals surface area contributed by atoms with E-state index in [1.54, 1.807) is 6.20 Å². The minimum Gasteiger partial charge on any atom is -0.487 e. The number of aliphatic hydroxyl groups is 1. The van der Waals surface area contributed by atoms with E-state index >= 15 is 0 Å². The second-order valence-corrected chi connectivity index (χ2v) is 6.44. The number of benzene rings is 1. The number of hydrogen-bond donors (Lipinski definition) is 2. The van der Waals surface area contributed by atoms with Crippen LogP contribution in [0.2, 0.25) is 0 Å². The molecule has 0 aliphatic carbocycles. The monoisotopic (exact) mass is 328 g/mol. The Morgan fingerprint density at radius 1 is 1.29 bits per heavy atom. The van der Waals surface area contributed by atoms with Crippen LogP contribution < -0.4 is 10.1 Å². The Labute approximate surface area is 142 Å². The molecule has 2 N–H and O–H groups in total. The number of ether oxygens (including phenoxy) is 2. The van der Waals surface area contributed by atoms with Crippen molar-refractivity contribution < 1.29 is 14.6 Å². The zero-order chi connectivity index (χ0) is 16.8. The van der Waals surface area contributed by atoms with Crippen LogP contribution in [0.25, 0.3) is 0 Å². The molecule has 2 heterocycles. The van der Waals surface area contributed by atoms with Crippen molar-refractivity contribution in [3.05, 3.63) is 59.9 Å². The molecule has 2 aromatic rings. The molecule has 1 aliphatic heterocycles. The van der Waals surface area contributed by atoms with E-state index in [1.165, 1.54) is 0 Å². The van der Waals surface area contributed by atoms with Gasteiger partial charge in [0.2, 0.25) is 0 Å². The molecule has 1 saturated heterocycles. The first kappa shape index (κ1) is 16.9. The molecule has 0 spiro atoms. The van der Waals surface area contributed by atoms with Gasteiger partial charge in [0.15, 0.2) is 0 Å². The van der Waals surface area contributed by atoms with Crippen LogP contribution in [0.15, 0.2) is 48.7 Å². The highest BCUT2D eigenvalue weighted by atomic mass is 16.5. The van der Waals surface area contributed by atoms with Gasteiger partial charge in [-0.15, -0.1) is 0 Å². The fourth-order valence-electron chi connectivity index (χ4n) is 2.64. The molecule has 1 aliphatic rings. The first-order valence-corrected chi connectivity index (χ1v) is 8.25. The predicted molar refractivity (Wildman–Crippen MR) is 91.8 cm³/mol. The standard InChI is InChI=1S/C19H24N2O3/c1-15(21-11-19(12-22)13-23-14-19)16-5-4-7-18(9-16)24-10-17-6-2-3-8-20-17/h2-9,15,21-22H,10-14H2,1H3. The molecule has 0 amide bonds. The molecule has 3 rings (SSSR count). The molecule has 1 unspecified atom stereocenters. The molecule has 5 heteroatoms. The van der Waals surface area contributed by atoms with E-state index in [4.69, 9.17) is 9.47 Å². The van der Waals surface area contributed by atoms with Crippen molar-refractivity contribution in [3.63, 3.8) is 0 Å². The summed E-state index contributed by atoms with van der Waals surface area (Å²) in [6, 6.07) is 14.0. The van der Waals surface area contributed by atoms with Gasteiger partial charge in [-0.3, -0.25) is 4.98 Å². The van der Waals surface area contributed by atoms with Crippen LogP contribution in [0.1, 0.15) is 24.2 Å². The average Bonchev–Trinajstić information content (AvgIpc) is 2.60. The summed E-state index contributed by atoms with van der Waals surface area (Å²) >= 11 is 0. The number of aromatic nitrogens is 1. The molecular formula is C19H24N2O3.